The fourth-order valence-corrected chi connectivity index (χ4v) is 1.32. The Balaban J connectivity index is 2.39. The van der Waals surface area contributed by atoms with Crippen LogP contribution in [0.5, 0.6) is 0 Å². The van der Waals surface area contributed by atoms with E-state index < -0.39 is 0 Å². The first-order chi connectivity index (χ1) is 4.25. The summed E-state index contributed by atoms with van der Waals surface area (Å²) < 4.78 is 0. The van der Waals surface area contributed by atoms with Gasteiger partial charge in [0.25, 0.3) is 0 Å². The molecule has 0 saturated heterocycles. The molecule has 1 fully saturated rings. The number of hydrogen-bond donors (Lipinski definition) is 2. The summed E-state index contributed by atoms with van der Waals surface area (Å²) in [6.45, 7) is 2.91. The van der Waals surface area contributed by atoms with Crippen molar-refractivity contribution in [3.05, 3.63) is 0 Å². The van der Waals surface area contributed by atoms with E-state index in [1.807, 2.05) is 0 Å². The van der Waals surface area contributed by atoms with Gasteiger partial charge in [-0.2, -0.15) is 0 Å². The summed E-state index contributed by atoms with van der Waals surface area (Å²) in [5.41, 5.74) is 11.8. The highest BCUT2D eigenvalue weighted by Gasteiger charge is 2.45. The monoisotopic (exact) mass is 128 g/mol. The van der Waals surface area contributed by atoms with Gasteiger partial charge in [-0.05, 0) is 31.2 Å². The van der Waals surface area contributed by atoms with Crippen molar-refractivity contribution in [2.24, 2.45) is 16.9 Å². The molecular weight excluding hydrogens is 112 g/mol. The van der Waals surface area contributed by atoms with Crippen LogP contribution in [0.4, 0.5) is 0 Å². The number of rotatable bonds is 3. The topological polar surface area (TPSA) is 52.0 Å². The third-order valence-corrected chi connectivity index (χ3v) is 2.53. The summed E-state index contributed by atoms with van der Waals surface area (Å²) in [4.78, 5) is 0. The van der Waals surface area contributed by atoms with Crippen molar-refractivity contribution in [1.82, 2.24) is 0 Å². The van der Waals surface area contributed by atoms with Gasteiger partial charge in [-0.15, -0.1) is 0 Å². The Hall–Kier alpha value is -0.0800. The lowest BCUT2D eigenvalue weighted by atomic mass is 9.95. The molecule has 0 spiro atoms. The first-order valence-electron chi connectivity index (χ1n) is 3.71. The van der Waals surface area contributed by atoms with Gasteiger partial charge in [0.2, 0.25) is 0 Å². The molecule has 4 N–H and O–H groups in total. The Labute approximate surface area is 56.6 Å². The van der Waals surface area contributed by atoms with Crippen molar-refractivity contribution < 1.29 is 0 Å². The summed E-state index contributed by atoms with van der Waals surface area (Å²) in [6.07, 6.45) is 3.56. The smallest absolute Gasteiger partial charge is 0.0105 e. The highest BCUT2D eigenvalue weighted by Crippen LogP contribution is 2.47. The van der Waals surface area contributed by atoms with Crippen molar-refractivity contribution in [2.75, 3.05) is 6.54 Å². The predicted octanol–water partition coefficient (Wildman–Crippen LogP) is 0.463. The van der Waals surface area contributed by atoms with E-state index in [0.717, 1.165) is 13.0 Å². The van der Waals surface area contributed by atoms with Gasteiger partial charge in [0, 0.05) is 6.04 Å². The maximum atomic E-state index is 5.84. The highest BCUT2D eigenvalue weighted by atomic mass is 14.8. The van der Waals surface area contributed by atoms with Gasteiger partial charge in [-0.1, -0.05) is 6.92 Å². The lowest BCUT2D eigenvalue weighted by Gasteiger charge is -2.19. The molecule has 0 aromatic rings. The molecular formula is C7H16N2. The molecule has 0 amide bonds. The van der Waals surface area contributed by atoms with E-state index in [1.165, 1.54) is 12.8 Å². The lowest BCUT2D eigenvalue weighted by molar-refractivity contribution is 0.398. The van der Waals surface area contributed by atoms with Crippen molar-refractivity contribution >= 4 is 0 Å². The molecule has 54 valence electrons. The molecule has 1 atom stereocenters. The maximum Gasteiger partial charge on any atom is 0.0105 e. The van der Waals surface area contributed by atoms with Gasteiger partial charge >= 0.3 is 0 Å². The van der Waals surface area contributed by atoms with Gasteiger partial charge < -0.3 is 11.5 Å². The Morgan fingerprint density at radius 1 is 1.56 bits per heavy atom. The number of hydrogen-bond acceptors (Lipinski definition) is 2. The normalized spacial score (nSPS) is 25.7. The van der Waals surface area contributed by atoms with Gasteiger partial charge in [-0.25, -0.2) is 0 Å². The van der Waals surface area contributed by atoms with Crippen LogP contribution in [0.3, 0.4) is 0 Å². The molecule has 0 radical (unpaired) electrons. The van der Waals surface area contributed by atoms with E-state index >= 15 is 0 Å². The van der Waals surface area contributed by atoms with Crippen LogP contribution in [0.1, 0.15) is 26.2 Å². The first kappa shape index (κ1) is 7.03. The van der Waals surface area contributed by atoms with Gasteiger partial charge in [0.05, 0.1) is 0 Å². The van der Waals surface area contributed by atoms with Crippen LogP contribution in [0.2, 0.25) is 0 Å². The summed E-state index contributed by atoms with van der Waals surface area (Å²) in [5.74, 6) is 0. The molecule has 1 aliphatic rings. The Morgan fingerprint density at radius 2 is 2.11 bits per heavy atom. The maximum absolute atomic E-state index is 5.84. The minimum Gasteiger partial charge on any atom is -0.330 e. The van der Waals surface area contributed by atoms with Crippen LogP contribution in [0.25, 0.3) is 0 Å². The van der Waals surface area contributed by atoms with E-state index in [4.69, 9.17) is 11.5 Å². The molecule has 0 aromatic heterocycles. The van der Waals surface area contributed by atoms with Gasteiger partial charge in [-0.3, -0.25) is 0 Å². The summed E-state index contributed by atoms with van der Waals surface area (Å²) in [7, 11) is 0. The first-order valence-corrected chi connectivity index (χ1v) is 3.71. The van der Waals surface area contributed by atoms with Crippen LogP contribution in [0, 0.1) is 5.41 Å². The van der Waals surface area contributed by atoms with E-state index in [-0.39, 0.29) is 0 Å². The predicted molar refractivity (Wildman–Crippen MR) is 39.0 cm³/mol. The van der Waals surface area contributed by atoms with Crippen LogP contribution in [-0.4, -0.2) is 12.6 Å². The van der Waals surface area contributed by atoms with Gasteiger partial charge in [0.15, 0.2) is 0 Å². The molecule has 0 aromatic carbocycles. The zero-order valence-electron chi connectivity index (χ0n) is 6.06. The zero-order chi connectivity index (χ0) is 6.91. The van der Waals surface area contributed by atoms with Crippen molar-refractivity contribution in [1.29, 1.82) is 0 Å². The fourth-order valence-electron chi connectivity index (χ4n) is 1.32. The second-order valence-corrected chi connectivity index (χ2v) is 3.08. The summed E-state index contributed by atoms with van der Waals surface area (Å²) in [6, 6.07) is 0.350. The van der Waals surface area contributed by atoms with Gasteiger partial charge in [0.1, 0.15) is 0 Å². The molecule has 2 heteroatoms. The lowest BCUT2D eigenvalue weighted by Crippen LogP contribution is -2.36. The quantitative estimate of drug-likeness (QED) is 0.580. The van der Waals surface area contributed by atoms with E-state index in [1.54, 1.807) is 0 Å². The molecule has 0 aliphatic heterocycles. The van der Waals surface area contributed by atoms with Crippen molar-refractivity contribution in [3.63, 3.8) is 0 Å². The second-order valence-electron chi connectivity index (χ2n) is 3.08. The molecule has 1 saturated carbocycles. The third kappa shape index (κ3) is 1.10. The molecule has 1 unspecified atom stereocenters. The third-order valence-electron chi connectivity index (χ3n) is 2.53. The minimum absolute atomic E-state index is 0.350. The molecule has 1 aliphatic carbocycles. The molecule has 0 heterocycles. The Kier molecular flexibility index (Phi) is 1.78. The SMILES string of the molecule is CCC(N)C1(CN)CC1. The van der Waals surface area contributed by atoms with Crippen LogP contribution < -0.4 is 11.5 Å². The Morgan fingerprint density at radius 3 is 2.22 bits per heavy atom. The second kappa shape index (κ2) is 2.27. The largest absolute Gasteiger partial charge is 0.330 e. The molecule has 2 nitrogen and oxygen atoms in total. The Bertz CT molecular complexity index is 97.1. The van der Waals surface area contributed by atoms with Crippen LogP contribution in [-0.2, 0) is 0 Å². The zero-order valence-corrected chi connectivity index (χ0v) is 6.06. The summed E-state index contributed by atoms with van der Waals surface area (Å²) in [5, 5.41) is 0. The average molecular weight is 128 g/mol. The van der Waals surface area contributed by atoms with Crippen LogP contribution >= 0.6 is 0 Å². The molecule has 0 bridgehead atoms. The van der Waals surface area contributed by atoms with Crippen LogP contribution in [0.15, 0.2) is 0 Å². The molecule has 1 rings (SSSR count). The van der Waals surface area contributed by atoms with Crippen molar-refractivity contribution in [3.8, 4) is 0 Å². The fraction of sp³-hybridized carbons (Fsp3) is 1.00. The average Bonchev–Trinajstić information content (AvgIpc) is 2.66. The van der Waals surface area contributed by atoms with E-state index in [2.05, 4.69) is 6.92 Å². The number of nitrogens with two attached hydrogens (primary N) is 2. The summed E-state index contributed by atoms with van der Waals surface area (Å²) >= 11 is 0. The minimum atomic E-state index is 0.350. The standard InChI is InChI=1S/C7H16N2/c1-2-6(9)7(5-8)3-4-7/h6H,2-5,8-9H2,1H3. The molecule has 9 heavy (non-hydrogen) atoms. The highest BCUT2D eigenvalue weighted by molar-refractivity contribution is 5.00. The van der Waals surface area contributed by atoms with Crippen molar-refractivity contribution in [2.45, 2.75) is 32.2 Å². The van der Waals surface area contributed by atoms with E-state index in [0.29, 0.717) is 11.5 Å². The van der Waals surface area contributed by atoms with E-state index in [9.17, 15) is 0 Å².